The first kappa shape index (κ1) is 15.3. The highest BCUT2D eigenvalue weighted by atomic mass is 32.1. The van der Waals surface area contributed by atoms with Crippen LogP contribution >= 0.6 is 11.3 Å². The number of benzene rings is 2. The Morgan fingerprint density at radius 3 is 2.44 bits per heavy atom. The van der Waals surface area contributed by atoms with Gasteiger partial charge in [0, 0.05) is 11.6 Å². The lowest BCUT2D eigenvalue weighted by Crippen LogP contribution is -1.92. The second kappa shape index (κ2) is 6.33. The van der Waals surface area contributed by atoms with E-state index in [0.29, 0.717) is 11.4 Å². The van der Waals surface area contributed by atoms with E-state index in [1.54, 1.807) is 29.5 Å². The molecule has 1 N–H and O–H groups in total. The van der Waals surface area contributed by atoms with E-state index < -0.39 is 0 Å². The Bertz CT molecular complexity index is 1020. The van der Waals surface area contributed by atoms with Crippen LogP contribution in [0.3, 0.4) is 0 Å². The van der Waals surface area contributed by atoms with Gasteiger partial charge in [0.25, 0.3) is 5.69 Å². The molecule has 0 aliphatic rings. The molecule has 6 heteroatoms. The van der Waals surface area contributed by atoms with E-state index >= 15 is 0 Å². The van der Waals surface area contributed by atoms with Gasteiger partial charge < -0.3 is 4.98 Å². The molecule has 5 nitrogen and oxygen atoms in total. The van der Waals surface area contributed by atoms with Gasteiger partial charge in [0.1, 0.15) is 5.82 Å². The van der Waals surface area contributed by atoms with E-state index in [-0.39, 0.29) is 10.6 Å². The van der Waals surface area contributed by atoms with Gasteiger partial charge in [-0.1, -0.05) is 48.5 Å². The largest absolute Gasteiger partial charge is 0.337 e. The summed E-state index contributed by atoms with van der Waals surface area (Å²) in [5.74, 6) is 0.495. The smallest absolute Gasteiger partial charge is 0.280 e. The summed E-state index contributed by atoms with van der Waals surface area (Å²) in [6, 6.07) is 20.4. The van der Waals surface area contributed by atoms with Crippen LogP contribution in [0.1, 0.15) is 0 Å². The van der Waals surface area contributed by atoms with Crippen molar-refractivity contribution in [2.45, 2.75) is 0 Å². The Labute approximate surface area is 147 Å². The Morgan fingerprint density at radius 1 is 0.960 bits per heavy atom. The summed E-state index contributed by atoms with van der Waals surface area (Å²) in [6.45, 7) is 0. The van der Waals surface area contributed by atoms with E-state index in [0.717, 1.165) is 21.8 Å². The number of nitrogens with one attached hydrogen (secondary N) is 1. The molecule has 4 rings (SSSR count). The van der Waals surface area contributed by atoms with Gasteiger partial charge in [0.15, 0.2) is 0 Å². The number of thiophene rings is 1. The van der Waals surface area contributed by atoms with Gasteiger partial charge in [0.2, 0.25) is 0 Å². The Balaban J connectivity index is 1.94. The number of para-hydroxylation sites is 1. The third-order valence-electron chi connectivity index (χ3n) is 3.87. The summed E-state index contributed by atoms with van der Waals surface area (Å²) in [5.41, 5.74) is 3.14. The number of nitro benzene ring substituents is 1. The van der Waals surface area contributed by atoms with Crippen LogP contribution in [-0.2, 0) is 0 Å². The Morgan fingerprint density at radius 2 is 1.72 bits per heavy atom. The first-order valence-corrected chi connectivity index (χ1v) is 8.55. The Hall–Kier alpha value is -3.25. The molecule has 2 heterocycles. The fourth-order valence-electron chi connectivity index (χ4n) is 2.74. The van der Waals surface area contributed by atoms with Crippen molar-refractivity contribution in [3.8, 4) is 33.2 Å². The summed E-state index contributed by atoms with van der Waals surface area (Å²) >= 11 is 1.60. The van der Waals surface area contributed by atoms with E-state index in [1.165, 1.54) is 6.07 Å². The second-order valence-corrected chi connectivity index (χ2v) is 6.37. The van der Waals surface area contributed by atoms with Crippen molar-refractivity contribution in [2.24, 2.45) is 0 Å². The number of aromatic amines is 1. The summed E-state index contributed by atoms with van der Waals surface area (Å²) in [4.78, 5) is 20.0. The molecule has 0 saturated heterocycles. The minimum Gasteiger partial charge on any atom is -0.337 e. The van der Waals surface area contributed by atoms with Gasteiger partial charge in [0.05, 0.1) is 26.8 Å². The van der Waals surface area contributed by atoms with Gasteiger partial charge in [-0.2, -0.15) is 0 Å². The monoisotopic (exact) mass is 347 g/mol. The molecule has 0 aliphatic carbocycles. The number of aromatic nitrogens is 2. The van der Waals surface area contributed by atoms with Crippen LogP contribution in [-0.4, -0.2) is 14.9 Å². The maximum absolute atomic E-state index is 11.4. The molecule has 25 heavy (non-hydrogen) atoms. The van der Waals surface area contributed by atoms with Gasteiger partial charge in [-0.3, -0.25) is 10.1 Å². The molecule has 122 valence electrons. The van der Waals surface area contributed by atoms with Crippen molar-refractivity contribution in [1.82, 2.24) is 9.97 Å². The molecular formula is C19H13N3O2S. The number of nitro groups is 1. The number of H-pyrrole nitrogens is 1. The van der Waals surface area contributed by atoms with Crippen LogP contribution in [0, 0.1) is 10.1 Å². The third kappa shape index (κ3) is 2.83. The fraction of sp³-hybridized carbons (Fsp3) is 0. The van der Waals surface area contributed by atoms with E-state index in [4.69, 9.17) is 4.98 Å². The van der Waals surface area contributed by atoms with Gasteiger partial charge >= 0.3 is 0 Å². The summed E-state index contributed by atoms with van der Waals surface area (Å²) in [6.07, 6.45) is 0. The summed E-state index contributed by atoms with van der Waals surface area (Å²) in [7, 11) is 0. The van der Waals surface area contributed by atoms with Crippen molar-refractivity contribution < 1.29 is 4.92 Å². The van der Waals surface area contributed by atoms with E-state index in [1.807, 2.05) is 47.8 Å². The predicted molar refractivity (Wildman–Crippen MR) is 99.4 cm³/mol. The lowest BCUT2D eigenvalue weighted by atomic mass is 10.1. The maximum atomic E-state index is 11.4. The minimum absolute atomic E-state index is 0.0357. The number of nitrogens with zero attached hydrogens (tertiary/aromatic N) is 2. The number of imidazole rings is 1. The van der Waals surface area contributed by atoms with Crippen molar-refractivity contribution in [2.75, 3.05) is 0 Å². The van der Waals surface area contributed by atoms with E-state index in [2.05, 4.69) is 4.98 Å². The van der Waals surface area contributed by atoms with Gasteiger partial charge in [-0.25, -0.2) is 4.98 Å². The standard InChI is InChI=1S/C19H13N3O2S/c23-22(24)15-10-5-4-9-14(15)19-20-17(13-7-2-1-3-8-13)18(21-19)16-11-6-12-25-16/h1-12H,(H,20,21). The lowest BCUT2D eigenvalue weighted by Gasteiger charge is -1.99. The quantitative estimate of drug-likeness (QED) is 0.398. The summed E-state index contributed by atoms with van der Waals surface area (Å²) < 4.78 is 0. The lowest BCUT2D eigenvalue weighted by molar-refractivity contribution is -0.384. The average molecular weight is 347 g/mol. The fourth-order valence-corrected chi connectivity index (χ4v) is 3.46. The molecule has 0 aliphatic heterocycles. The zero-order chi connectivity index (χ0) is 17.2. The van der Waals surface area contributed by atoms with E-state index in [9.17, 15) is 10.1 Å². The van der Waals surface area contributed by atoms with Crippen molar-refractivity contribution in [1.29, 1.82) is 0 Å². The molecule has 2 aromatic heterocycles. The van der Waals surface area contributed by atoms with Crippen molar-refractivity contribution in [3.63, 3.8) is 0 Å². The third-order valence-corrected chi connectivity index (χ3v) is 4.76. The van der Waals surface area contributed by atoms with Crippen LogP contribution in [0.4, 0.5) is 5.69 Å². The normalized spacial score (nSPS) is 10.7. The van der Waals surface area contributed by atoms with Gasteiger partial charge in [-0.05, 0) is 17.5 Å². The minimum atomic E-state index is -0.384. The molecular weight excluding hydrogens is 334 g/mol. The topological polar surface area (TPSA) is 71.8 Å². The Kier molecular flexibility index (Phi) is 3.87. The molecule has 0 bridgehead atoms. The van der Waals surface area contributed by atoms with Crippen LogP contribution in [0.2, 0.25) is 0 Å². The van der Waals surface area contributed by atoms with Gasteiger partial charge in [-0.15, -0.1) is 11.3 Å². The molecule has 0 radical (unpaired) electrons. The van der Waals surface area contributed by atoms with Crippen LogP contribution < -0.4 is 0 Å². The molecule has 0 atom stereocenters. The average Bonchev–Trinajstić information content (AvgIpc) is 3.32. The second-order valence-electron chi connectivity index (χ2n) is 5.43. The molecule has 4 aromatic rings. The molecule has 0 fully saturated rings. The van der Waals surface area contributed by atoms with Crippen molar-refractivity contribution >= 4 is 17.0 Å². The highest BCUT2D eigenvalue weighted by Gasteiger charge is 2.21. The molecule has 0 amide bonds. The van der Waals surface area contributed by atoms with Crippen LogP contribution in [0.25, 0.3) is 33.2 Å². The highest BCUT2D eigenvalue weighted by molar-refractivity contribution is 7.13. The number of hydrogen-bond donors (Lipinski definition) is 1. The highest BCUT2D eigenvalue weighted by Crippen LogP contribution is 2.37. The zero-order valence-electron chi connectivity index (χ0n) is 13.0. The first-order valence-electron chi connectivity index (χ1n) is 7.67. The summed E-state index contributed by atoms with van der Waals surface area (Å²) in [5, 5.41) is 13.3. The number of hydrogen-bond acceptors (Lipinski definition) is 4. The maximum Gasteiger partial charge on any atom is 0.280 e. The van der Waals surface area contributed by atoms with Crippen molar-refractivity contribution in [3.05, 3.63) is 82.2 Å². The zero-order valence-corrected chi connectivity index (χ0v) is 13.9. The molecule has 0 unspecified atom stereocenters. The predicted octanol–water partition coefficient (Wildman–Crippen LogP) is 5.38. The molecule has 0 spiro atoms. The first-order chi connectivity index (χ1) is 12.2. The van der Waals surface area contributed by atoms with Crippen LogP contribution in [0.15, 0.2) is 72.1 Å². The van der Waals surface area contributed by atoms with Crippen LogP contribution in [0.5, 0.6) is 0 Å². The number of rotatable bonds is 4. The SMILES string of the molecule is O=[N+]([O-])c1ccccc1-c1nc(-c2ccccc2)c(-c2cccs2)[nH]1. The molecule has 2 aromatic carbocycles. The molecule has 0 saturated carbocycles.